The van der Waals surface area contributed by atoms with Gasteiger partial charge >= 0.3 is 0 Å². The summed E-state index contributed by atoms with van der Waals surface area (Å²) in [4.78, 5) is 15.2. The molecule has 0 saturated heterocycles. The van der Waals surface area contributed by atoms with Crippen molar-refractivity contribution >= 4 is 175 Å². The van der Waals surface area contributed by atoms with Gasteiger partial charge in [0, 0.05) is 27.3 Å². The molecule has 0 aliphatic heterocycles. The Morgan fingerprint density at radius 1 is 0.194 bits per heavy atom. The Morgan fingerprint density at radius 3 is 0.882 bits per heavy atom. The fourth-order valence-electron chi connectivity index (χ4n) is 22.1. The van der Waals surface area contributed by atoms with Crippen molar-refractivity contribution in [1.82, 2.24) is 13.7 Å². The smallest absolute Gasteiger partial charge is 0.211 e. The molecule has 3 aromatic heterocycles. The van der Waals surface area contributed by atoms with Gasteiger partial charge in [0.05, 0.1) is 93.6 Å². The van der Waals surface area contributed by atoms with E-state index in [1.807, 2.05) is 97.1 Å². The minimum atomic E-state index is -2.94. The second-order valence-electron chi connectivity index (χ2n) is 35.7. The number of aromatic nitrogens is 3. The average Bonchev–Trinajstić information content (AvgIpc) is 0.818. The first-order chi connectivity index (χ1) is 71.2. The van der Waals surface area contributed by atoms with Crippen molar-refractivity contribution < 1.29 is 0 Å². The van der Waals surface area contributed by atoms with Crippen molar-refractivity contribution in [3.8, 4) is 62.6 Å². The van der Waals surface area contributed by atoms with E-state index >= 15 is 0 Å². The van der Waals surface area contributed by atoms with Crippen LogP contribution in [-0.4, -0.2) is 37.9 Å². The van der Waals surface area contributed by atoms with Gasteiger partial charge in [-0.25, -0.2) is 19.4 Å². The summed E-state index contributed by atoms with van der Waals surface area (Å²) < 4.78 is 6.64. The fourth-order valence-corrected chi connectivity index (χ4v) is 36.8. The van der Waals surface area contributed by atoms with Gasteiger partial charge in [0.1, 0.15) is 6.07 Å². The van der Waals surface area contributed by atoms with Crippen LogP contribution in [0.5, 0.6) is 0 Å². The lowest BCUT2D eigenvalue weighted by atomic mass is 9.98. The molecule has 0 aliphatic rings. The van der Waals surface area contributed by atoms with E-state index in [4.69, 9.17) is 26.3 Å². The third-order valence-electron chi connectivity index (χ3n) is 28.2. The SMILES string of the molecule is [C-]#[N+]c1ccc2c(c1)c1ccccc1n2-c1ccc(-c2ccccc2[Si](c2ccccc2)(c2ccccc2)c2ccccc2)cc1[N+]#[C-].[C-]#[N+]c1ccc2c(c1)c1ccccc1n2-c1cccc(-c2ccc([Si](c3ccccc3)(c3ccccc3)c3ccccc3)cc2)c1C#N.[C-]#[N+]c1ccc2c(c1)c1ccccc1n2-c1ccccc1-c1cc(C#N)ccc1[Si](c1ccccc1)(c1ccccc1)c1ccccc1. The second-order valence-corrected chi connectivity index (χ2v) is 47.0. The number of benzene rings is 21. The van der Waals surface area contributed by atoms with Gasteiger partial charge in [0.2, 0.25) is 5.69 Å². The lowest BCUT2D eigenvalue weighted by Gasteiger charge is -2.36. The van der Waals surface area contributed by atoms with Crippen molar-refractivity contribution in [2.24, 2.45) is 0 Å². The molecule has 9 nitrogen and oxygen atoms in total. The fraction of sp³-hybridized carbons (Fsp3) is 0. The summed E-state index contributed by atoms with van der Waals surface area (Å²) in [5.41, 5.74) is 18.4. The summed E-state index contributed by atoms with van der Waals surface area (Å²) in [6, 6.07) is 190. The van der Waals surface area contributed by atoms with E-state index in [2.05, 4.69) is 476 Å². The maximum atomic E-state index is 10.7. The highest BCUT2D eigenvalue weighted by atomic mass is 28.3. The van der Waals surface area contributed by atoms with E-state index in [0.29, 0.717) is 33.9 Å². The molecule has 0 fully saturated rings. The van der Waals surface area contributed by atoms with Crippen LogP contribution in [0.4, 0.5) is 22.7 Å². The summed E-state index contributed by atoms with van der Waals surface area (Å²) in [6.07, 6.45) is 0. The van der Waals surface area contributed by atoms with Crippen LogP contribution in [0.2, 0.25) is 0 Å². The summed E-state index contributed by atoms with van der Waals surface area (Å²) in [7, 11) is -8.41. The molecule has 0 atom stereocenters. The molecule has 0 saturated carbocycles. The van der Waals surface area contributed by atoms with Crippen LogP contribution < -0.4 is 62.2 Å². The van der Waals surface area contributed by atoms with E-state index < -0.39 is 24.2 Å². The van der Waals surface area contributed by atoms with Crippen LogP contribution in [-0.2, 0) is 0 Å². The third kappa shape index (κ3) is 15.6. The Morgan fingerprint density at radius 2 is 0.500 bits per heavy atom. The average molecular weight is 1880 g/mol. The van der Waals surface area contributed by atoms with E-state index in [1.165, 1.54) is 62.2 Å². The predicted molar refractivity (Wildman–Crippen MR) is 604 cm³/mol. The van der Waals surface area contributed by atoms with Crippen LogP contribution in [0.1, 0.15) is 11.1 Å². The Hall–Kier alpha value is -19.4. The van der Waals surface area contributed by atoms with E-state index in [1.54, 1.807) is 0 Å². The number of nitrogens with zero attached hydrogens (tertiary/aromatic N) is 9. The lowest BCUT2D eigenvalue weighted by molar-refractivity contribution is 1.17. The Balaban J connectivity index is 0.000000123. The molecule has 672 valence electrons. The standard InChI is InChI=1S/3C44H29N3Si/c1-45-33-27-29-42-39(31-33)38-23-12-14-24-41(38)47(42)43-28-26-32(30-40(43)46-2)37-22-13-15-25-44(37)48(34-16-6-3-7-17-34,35-18-8-4-9-19-35)36-20-10-5-11-21-36;1-46-33-26-27-43-39(30-33)37-21-11-13-23-41(37)47(43)42-24-14-12-22-38(42)40-29-32(31-45)25-28-44(40)48(34-15-5-2-6-16-34,35-17-7-3-8-18-35)36-19-9-4-10-20-36;1-46-33-26-29-44-40(30-33)39-20-11-12-22-42(39)47(44)43-23-13-21-38(41(43)31-45)32-24-27-37(28-25-32)48(34-14-5-2-6-15-34,35-16-7-3-8-17-35)36-18-9-4-10-19-36/h3-31H;2*2-30H. The van der Waals surface area contributed by atoms with Gasteiger partial charge in [-0.15, -0.1) is 0 Å². The maximum absolute atomic E-state index is 10.7. The van der Waals surface area contributed by atoms with Gasteiger partial charge in [0.15, 0.2) is 41.3 Å². The Bertz CT molecular complexity index is 8970. The monoisotopic (exact) mass is 1880 g/mol. The van der Waals surface area contributed by atoms with Crippen molar-refractivity contribution in [2.45, 2.75) is 0 Å². The highest BCUT2D eigenvalue weighted by Gasteiger charge is 2.46. The molecule has 0 aliphatic carbocycles. The number of nitriles is 2. The zero-order valence-corrected chi connectivity index (χ0v) is 81.3. The highest BCUT2D eigenvalue weighted by molar-refractivity contribution is 7.21. The lowest BCUT2D eigenvalue weighted by Crippen LogP contribution is -2.75. The van der Waals surface area contributed by atoms with Crippen molar-refractivity contribution in [3.05, 3.63) is 585 Å². The van der Waals surface area contributed by atoms with E-state index in [9.17, 15) is 10.5 Å². The van der Waals surface area contributed by atoms with Crippen LogP contribution in [0.25, 0.3) is 135 Å². The molecular formula is C132H87N9Si3. The highest BCUT2D eigenvalue weighted by Crippen LogP contribution is 2.43. The van der Waals surface area contributed by atoms with Gasteiger partial charge in [-0.05, 0) is 192 Å². The van der Waals surface area contributed by atoms with Crippen LogP contribution >= 0.6 is 0 Å². The zero-order chi connectivity index (χ0) is 97.5. The van der Waals surface area contributed by atoms with E-state index in [-0.39, 0.29) is 0 Å². The normalized spacial score (nSPS) is 11.3. The third-order valence-corrected chi connectivity index (χ3v) is 42.7. The predicted octanol–water partition coefficient (Wildman–Crippen LogP) is 25.4. The quantitative estimate of drug-likeness (QED) is 0.0487. The van der Waals surface area contributed by atoms with Gasteiger partial charge in [-0.3, -0.25) is 0 Å². The number of para-hydroxylation sites is 4. The molecule has 144 heavy (non-hydrogen) atoms. The summed E-state index contributed by atoms with van der Waals surface area (Å²) in [6.45, 7) is 31.2. The van der Waals surface area contributed by atoms with Crippen LogP contribution in [0.3, 0.4) is 0 Å². The molecule has 3 heterocycles. The molecule has 0 spiro atoms. The number of hydrogen-bond donors (Lipinski definition) is 0. The molecule has 24 aromatic rings. The first kappa shape index (κ1) is 89.8. The Kier molecular flexibility index (Phi) is 24.5. The summed E-state index contributed by atoms with van der Waals surface area (Å²) >= 11 is 0. The molecular weight excluding hydrogens is 1800 g/mol. The molecule has 0 unspecified atom stereocenters. The van der Waals surface area contributed by atoms with Crippen molar-refractivity contribution in [1.29, 1.82) is 10.5 Å². The molecule has 24 rings (SSSR count). The van der Waals surface area contributed by atoms with Gasteiger partial charge in [0.25, 0.3) is 0 Å². The Labute approximate surface area is 839 Å². The van der Waals surface area contributed by atoms with Crippen molar-refractivity contribution in [2.75, 3.05) is 0 Å². The largest absolute Gasteiger partial charge is 0.319 e. The molecule has 0 N–H and O–H groups in total. The van der Waals surface area contributed by atoms with Gasteiger partial charge in [-0.2, -0.15) is 10.5 Å². The number of rotatable bonds is 18. The maximum Gasteiger partial charge on any atom is 0.211 e. The minimum Gasteiger partial charge on any atom is -0.319 e. The minimum absolute atomic E-state index is 0.575. The second kappa shape index (κ2) is 39.2. The van der Waals surface area contributed by atoms with Gasteiger partial charge < -0.3 is 13.7 Å². The topological polar surface area (TPSA) is 79.8 Å². The van der Waals surface area contributed by atoms with Crippen molar-refractivity contribution in [3.63, 3.8) is 0 Å². The van der Waals surface area contributed by atoms with Crippen LogP contribution in [0.15, 0.2) is 528 Å². The van der Waals surface area contributed by atoms with E-state index in [0.717, 1.165) is 116 Å². The van der Waals surface area contributed by atoms with Gasteiger partial charge in [-0.1, -0.05) is 437 Å². The molecule has 0 radical (unpaired) electrons. The number of hydrogen-bond acceptors (Lipinski definition) is 2. The molecule has 0 bridgehead atoms. The first-order valence-corrected chi connectivity index (χ1v) is 53.8. The zero-order valence-electron chi connectivity index (χ0n) is 78.3. The molecule has 0 amide bonds. The number of fused-ring (bicyclic) bond motifs is 9. The summed E-state index contributed by atoms with van der Waals surface area (Å²) in [5, 5.41) is 42.7. The van der Waals surface area contributed by atoms with Crippen LogP contribution in [0, 0.1) is 49.0 Å². The first-order valence-electron chi connectivity index (χ1n) is 47.8. The summed E-state index contributed by atoms with van der Waals surface area (Å²) in [5.74, 6) is 0. The molecule has 12 heteroatoms. The molecule has 21 aromatic carbocycles.